The van der Waals surface area contributed by atoms with Gasteiger partial charge in [-0.2, -0.15) is 0 Å². The van der Waals surface area contributed by atoms with E-state index >= 15 is 0 Å². The first-order valence-electron chi connectivity index (χ1n) is 5.82. The van der Waals surface area contributed by atoms with Crippen LogP contribution < -0.4 is 0 Å². The van der Waals surface area contributed by atoms with E-state index in [1.165, 1.54) is 17.9 Å². The van der Waals surface area contributed by atoms with Gasteiger partial charge in [-0.3, -0.25) is 4.90 Å². The molecule has 0 fully saturated rings. The maximum Gasteiger partial charge on any atom is 0.328 e. The standard InChI is InChI=1S/C13H17F2NO2/c1-4-16(5-2)13(3,12(17)18)11-9(14)7-6-8-10(11)15/h6-8H,4-5H2,1-3H3,(H,17,18). The number of halogens is 2. The summed E-state index contributed by atoms with van der Waals surface area (Å²) in [6, 6.07) is 3.37. The Morgan fingerprint density at radius 3 is 2.06 bits per heavy atom. The first-order valence-corrected chi connectivity index (χ1v) is 5.82. The third kappa shape index (κ3) is 2.22. The average molecular weight is 257 g/mol. The van der Waals surface area contributed by atoms with Crippen molar-refractivity contribution >= 4 is 5.97 Å². The molecule has 0 heterocycles. The van der Waals surface area contributed by atoms with E-state index in [1.54, 1.807) is 13.8 Å². The van der Waals surface area contributed by atoms with Crippen LogP contribution in [0.1, 0.15) is 26.3 Å². The van der Waals surface area contributed by atoms with Gasteiger partial charge in [0.15, 0.2) is 0 Å². The van der Waals surface area contributed by atoms with Gasteiger partial charge in [-0.15, -0.1) is 0 Å². The largest absolute Gasteiger partial charge is 0.480 e. The van der Waals surface area contributed by atoms with E-state index in [0.29, 0.717) is 13.1 Å². The zero-order valence-corrected chi connectivity index (χ0v) is 10.7. The van der Waals surface area contributed by atoms with Crippen molar-refractivity contribution in [3.8, 4) is 0 Å². The van der Waals surface area contributed by atoms with Gasteiger partial charge in [0.25, 0.3) is 0 Å². The zero-order chi connectivity index (χ0) is 13.9. The van der Waals surface area contributed by atoms with Crippen LogP contribution in [0.4, 0.5) is 8.78 Å². The van der Waals surface area contributed by atoms with Crippen molar-refractivity contribution in [2.24, 2.45) is 0 Å². The molecule has 1 atom stereocenters. The number of likely N-dealkylation sites (N-methyl/N-ethyl adjacent to an activating group) is 1. The minimum atomic E-state index is -1.71. The second-order valence-electron chi connectivity index (χ2n) is 4.15. The highest BCUT2D eigenvalue weighted by atomic mass is 19.1. The Hall–Kier alpha value is -1.49. The Labute approximate surface area is 105 Å². The Balaban J connectivity index is 3.50. The number of carbonyl (C=O) groups is 1. The lowest BCUT2D eigenvalue weighted by molar-refractivity contribution is -0.151. The van der Waals surface area contributed by atoms with E-state index < -0.39 is 28.7 Å². The Bertz CT molecular complexity index is 426. The number of hydrogen-bond acceptors (Lipinski definition) is 2. The smallest absolute Gasteiger partial charge is 0.328 e. The fraction of sp³-hybridized carbons (Fsp3) is 0.462. The van der Waals surface area contributed by atoms with Gasteiger partial charge in [0.1, 0.15) is 17.2 Å². The molecule has 0 saturated heterocycles. The molecule has 1 aromatic carbocycles. The molecule has 1 aromatic rings. The maximum absolute atomic E-state index is 13.8. The van der Waals surface area contributed by atoms with Gasteiger partial charge in [-0.25, -0.2) is 13.6 Å². The van der Waals surface area contributed by atoms with Gasteiger partial charge in [0.05, 0.1) is 5.56 Å². The van der Waals surface area contributed by atoms with E-state index in [4.69, 9.17) is 0 Å². The summed E-state index contributed by atoms with van der Waals surface area (Å²) >= 11 is 0. The molecule has 0 aliphatic heterocycles. The number of carboxylic acids is 1. The van der Waals surface area contributed by atoms with E-state index in [2.05, 4.69) is 0 Å². The van der Waals surface area contributed by atoms with Crippen LogP contribution in [-0.4, -0.2) is 29.1 Å². The molecule has 1 N–H and O–H groups in total. The molecule has 1 rings (SSSR count). The minimum Gasteiger partial charge on any atom is -0.480 e. The Kier molecular flexibility index (Phi) is 4.40. The lowest BCUT2D eigenvalue weighted by Crippen LogP contribution is -2.50. The van der Waals surface area contributed by atoms with Gasteiger partial charge < -0.3 is 5.11 Å². The van der Waals surface area contributed by atoms with Gasteiger partial charge in [0, 0.05) is 0 Å². The molecule has 0 aromatic heterocycles. The maximum atomic E-state index is 13.8. The normalized spacial score (nSPS) is 14.6. The van der Waals surface area contributed by atoms with Crippen LogP contribution in [0.3, 0.4) is 0 Å². The quantitative estimate of drug-likeness (QED) is 0.881. The van der Waals surface area contributed by atoms with E-state index in [0.717, 1.165) is 12.1 Å². The van der Waals surface area contributed by atoms with Crippen LogP contribution in [0.15, 0.2) is 18.2 Å². The van der Waals surface area contributed by atoms with Gasteiger partial charge in [0.2, 0.25) is 0 Å². The highest BCUT2D eigenvalue weighted by molar-refractivity contribution is 5.80. The number of hydrogen-bond donors (Lipinski definition) is 1. The predicted octanol–water partition coefficient (Wildman–Crippen LogP) is 2.61. The monoisotopic (exact) mass is 257 g/mol. The third-order valence-corrected chi connectivity index (χ3v) is 3.26. The molecule has 0 spiro atoms. The van der Waals surface area contributed by atoms with Crippen LogP contribution >= 0.6 is 0 Å². The van der Waals surface area contributed by atoms with Crippen molar-refractivity contribution in [2.45, 2.75) is 26.3 Å². The number of nitrogens with zero attached hydrogens (tertiary/aromatic N) is 1. The second kappa shape index (κ2) is 5.44. The van der Waals surface area contributed by atoms with Crippen molar-refractivity contribution in [3.05, 3.63) is 35.4 Å². The molecule has 0 saturated carbocycles. The van der Waals surface area contributed by atoms with Crippen LogP contribution in [0.25, 0.3) is 0 Å². The van der Waals surface area contributed by atoms with Crippen molar-refractivity contribution in [1.82, 2.24) is 4.90 Å². The van der Waals surface area contributed by atoms with Crippen molar-refractivity contribution in [2.75, 3.05) is 13.1 Å². The molecular formula is C13H17F2NO2. The van der Waals surface area contributed by atoms with Crippen molar-refractivity contribution in [3.63, 3.8) is 0 Å². The van der Waals surface area contributed by atoms with E-state index in [9.17, 15) is 18.7 Å². The van der Waals surface area contributed by atoms with E-state index in [1.807, 2.05) is 0 Å². The minimum absolute atomic E-state index is 0.382. The molecule has 0 aliphatic carbocycles. The molecule has 3 nitrogen and oxygen atoms in total. The van der Waals surface area contributed by atoms with Gasteiger partial charge >= 0.3 is 5.97 Å². The molecule has 18 heavy (non-hydrogen) atoms. The van der Waals surface area contributed by atoms with Crippen molar-refractivity contribution in [1.29, 1.82) is 0 Å². The fourth-order valence-corrected chi connectivity index (χ4v) is 2.22. The van der Waals surface area contributed by atoms with Crippen LogP contribution in [0, 0.1) is 11.6 Å². The topological polar surface area (TPSA) is 40.5 Å². The third-order valence-electron chi connectivity index (χ3n) is 3.26. The van der Waals surface area contributed by atoms with Gasteiger partial charge in [-0.05, 0) is 32.1 Å². The highest BCUT2D eigenvalue weighted by Crippen LogP contribution is 2.32. The van der Waals surface area contributed by atoms with Gasteiger partial charge in [-0.1, -0.05) is 19.9 Å². The average Bonchev–Trinajstić information content (AvgIpc) is 2.29. The number of aliphatic carboxylic acids is 1. The summed E-state index contributed by atoms with van der Waals surface area (Å²) in [4.78, 5) is 13.0. The fourth-order valence-electron chi connectivity index (χ4n) is 2.22. The summed E-state index contributed by atoms with van der Waals surface area (Å²) in [7, 11) is 0. The molecule has 100 valence electrons. The molecule has 5 heteroatoms. The van der Waals surface area contributed by atoms with Crippen LogP contribution in [0.5, 0.6) is 0 Å². The number of rotatable bonds is 5. The first kappa shape index (κ1) is 14.6. The molecule has 0 aliphatic rings. The Morgan fingerprint density at radius 2 is 1.72 bits per heavy atom. The lowest BCUT2D eigenvalue weighted by Gasteiger charge is -2.37. The van der Waals surface area contributed by atoms with Crippen LogP contribution in [0.2, 0.25) is 0 Å². The summed E-state index contributed by atoms with van der Waals surface area (Å²) in [5.41, 5.74) is -2.12. The lowest BCUT2D eigenvalue weighted by atomic mass is 9.89. The van der Waals surface area contributed by atoms with Crippen LogP contribution in [-0.2, 0) is 10.3 Å². The summed E-state index contributed by atoms with van der Waals surface area (Å²) in [5.74, 6) is -2.95. The SMILES string of the molecule is CCN(CC)C(C)(C(=O)O)c1c(F)cccc1F. The second-order valence-corrected chi connectivity index (χ2v) is 4.15. The molecular weight excluding hydrogens is 240 g/mol. The summed E-state index contributed by atoms with van der Waals surface area (Å²) in [5, 5.41) is 9.39. The number of benzene rings is 1. The first-order chi connectivity index (χ1) is 8.39. The number of carboxylic acid groups (broad SMARTS) is 1. The molecule has 1 unspecified atom stereocenters. The summed E-state index contributed by atoms with van der Waals surface area (Å²) in [6.07, 6.45) is 0. The molecule has 0 radical (unpaired) electrons. The van der Waals surface area contributed by atoms with Crippen molar-refractivity contribution < 1.29 is 18.7 Å². The molecule has 0 amide bonds. The summed E-state index contributed by atoms with van der Waals surface area (Å²) < 4.78 is 27.6. The van der Waals surface area contributed by atoms with E-state index in [-0.39, 0.29) is 0 Å². The highest BCUT2D eigenvalue weighted by Gasteiger charge is 2.44. The summed E-state index contributed by atoms with van der Waals surface area (Å²) in [6.45, 7) is 5.59. The zero-order valence-electron chi connectivity index (χ0n) is 10.7. The Morgan fingerprint density at radius 1 is 1.28 bits per heavy atom. The molecule has 0 bridgehead atoms. The predicted molar refractivity (Wildman–Crippen MR) is 64.3 cm³/mol.